The summed E-state index contributed by atoms with van der Waals surface area (Å²) in [6.07, 6.45) is 1.13. The van der Waals surface area contributed by atoms with Gasteiger partial charge in [-0.1, -0.05) is 30.3 Å². The highest BCUT2D eigenvalue weighted by Gasteiger charge is 2.25. The van der Waals surface area contributed by atoms with Gasteiger partial charge in [-0.15, -0.1) is 0 Å². The largest absolute Gasteiger partial charge is 0.481 e. The van der Waals surface area contributed by atoms with Gasteiger partial charge in [-0.2, -0.15) is 15.1 Å². The van der Waals surface area contributed by atoms with E-state index in [1.165, 1.54) is 20.3 Å². The van der Waals surface area contributed by atoms with Crippen LogP contribution in [0.5, 0.6) is 11.8 Å². The minimum Gasteiger partial charge on any atom is -0.481 e. The van der Waals surface area contributed by atoms with Crippen LogP contribution in [-0.4, -0.2) is 70.3 Å². The van der Waals surface area contributed by atoms with Crippen molar-refractivity contribution >= 4 is 11.8 Å². The second kappa shape index (κ2) is 12.0. The van der Waals surface area contributed by atoms with Gasteiger partial charge in [0.1, 0.15) is 5.69 Å². The summed E-state index contributed by atoms with van der Waals surface area (Å²) < 4.78 is 12.0. The lowest BCUT2D eigenvalue weighted by Gasteiger charge is -2.28. The molecule has 0 aliphatic rings. The molecule has 0 bridgehead atoms. The number of benzene rings is 1. The molecule has 1 N–H and O–H groups in total. The predicted octanol–water partition coefficient (Wildman–Crippen LogP) is 2.52. The fourth-order valence-electron chi connectivity index (χ4n) is 3.76. The molecule has 0 radical (unpaired) electrons. The molecule has 10 nitrogen and oxygen atoms in total. The highest BCUT2D eigenvalue weighted by Crippen LogP contribution is 2.18. The zero-order valence-electron chi connectivity index (χ0n) is 20.8. The van der Waals surface area contributed by atoms with E-state index in [0.29, 0.717) is 31.6 Å². The van der Waals surface area contributed by atoms with Gasteiger partial charge in [-0.3, -0.25) is 14.3 Å². The molecule has 186 valence electrons. The van der Waals surface area contributed by atoms with Crippen LogP contribution in [0.1, 0.15) is 45.7 Å². The summed E-state index contributed by atoms with van der Waals surface area (Å²) in [7, 11) is 4.64. The smallest absolute Gasteiger partial charge is 0.291 e. The van der Waals surface area contributed by atoms with Gasteiger partial charge in [-0.05, 0) is 38.3 Å². The zero-order chi connectivity index (χ0) is 25.4. The number of nitrogens with zero attached hydrogens (tertiary/aromatic N) is 5. The zero-order valence-corrected chi connectivity index (χ0v) is 20.8. The number of likely N-dealkylation sites (N-methyl/N-ethyl adjacent to an activating group) is 1. The number of amides is 2. The lowest BCUT2D eigenvalue weighted by molar-refractivity contribution is 0.0708. The lowest BCUT2D eigenvalue weighted by atomic mass is 10.0. The third-order valence-electron chi connectivity index (χ3n) is 5.67. The average Bonchev–Trinajstić information content (AvgIpc) is 3.28. The third-order valence-corrected chi connectivity index (χ3v) is 5.67. The first-order valence-corrected chi connectivity index (χ1v) is 11.5. The first-order valence-electron chi connectivity index (χ1n) is 11.5. The Balaban J connectivity index is 1.76. The van der Waals surface area contributed by atoms with Crippen molar-refractivity contribution in [3.05, 3.63) is 65.2 Å². The molecular formula is C25H32N6O4. The Bertz CT molecular complexity index is 1130. The van der Waals surface area contributed by atoms with Crippen LogP contribution in [0.4, 0.5) is 0 Å². The number of rotatable bonds is 11. The molecule has 0 fully saturated rings. The fraction of sp³-hybridized carbons (Fsp3) is 0.400. The molecule has 0 aliphatic heterocycles. The minimum absolute atomic E-state index is 0.0203. The summed E-state index contributed by atoms with van der Waals surface area (Å²) in [5.41, 5.74) is 2.39. The second-order valence-corrected chi connectivity index (χ2v) is 8.07. The van der Waals surface area contributed by atoms with Crippen LogP contribution in [0.25, 0.3) is 0 Å². The molecular weight excluding hydrogens is 448 g/mol. The Morgan fingerprint density at radius 2 is 1.74 bits per heavy atom. The number of carbonyl (C=O) groups is 2. The van der Waals surface area contributed by atoms with E-state index in [1.54, 1.807) is 22.7 Å². The number of aryl methyl sites for hydroxylation is 2. The van der Waals surface area contributed by atoms with Crippen LogP contribution in [-0.2, 0) is 13.0 Å². The number of hydrogen-bond donors (Lipinski definition) is 1. The molecule has 3 aromatic rings. The van der Waals surface area contributed by atoms with Crippen molar-refractivity contribution < 1.29 is 19.1 Å². The molecule has 10 heteroatoms. The maximum atomic E-state index is 13.3. The fourth-order valence-corrected chi connectivity index (χ4v) is 3.76. The van der Waals surface area contributed by atoms with Gasteiger partial charge in [0, 0.05) is 26.2 Å². The van der Waals surface area contributed by atoms with Crippen molar-refractivity contribution in [2.75, 3.05) is 27.8 Å². The SMILES string of the molecule is CCn1nc(C)cc1C(=O)NCCC(Cc1ccccc1)N(C)C(=O)c1nc(OC)cc(OC)n1. The number of aromatic nitrogens is 4. The van der Waals surface area contributed by atoms with Crippen LogP contribution in [0.15, 0.2) is 42.5 Å². The summed E-state index contributed by atoms with van der Waals surface area (Å²) in [5.74, 6) is -0.102. The molecule has 1 aromatic carbocycles. The highest BCUT2D eigenvalue weighted by molar-refractivity contribution is 5.92. The van der Waals surface area contributed by atoms with Crippen molar-refractivity contribution in [3.8, 4) is 11.8 Å². The monoisotopic (exact) mass is 480 g/mol. The highest BCUT2D eigenvalue weighted by atomic mass is 16.5. The summed E-state index contributed by atoms with van der Waals surface area (Å²) in [5, 5.41) is 7.30. The van der Waals surface area contributed by atoms with Gasteiger partial charge < -0.3 is 19.7 Å². The van der Waals surface area contributed by atoms with E-state index < -0.39 is 0 Å². The Morgan fingerprint density at radius 3 is 2.34 bits per heavy atom. The van der Waals surface area contributed by atoms with Crippen LogP contribution in [0, 0.1) is 6.92 Å². The molecule has 1 unspecified atom stereocenters. The summed E-state index contributed by atoms with van der Waals surface area (Å²) in [6.45, 7) is 4.78. The quantitative estimate of drug-likeness (QED) is 0.449. The van der Waals surface area contributed by atoms with Crippen molar-refractivity contribution in [2.24, 2.45) is 0 Å². The van der Waals surface area contributed by atoms with Gasteiger partial charge >= 0.3 is 0 Å². The summed E-state index contributed by atoms with van der Waals surface area (Å²) in [6, 6.07) is 12.9. The lowest BCUT2D eigenvalue weighted by Crippen LogP contribution is -2.41. The van der Waals surface area contributed by atoms with Gasteiger partial charge in [0.25, 0.3) is 11.8 Å². The van der Waals surface area contributed by atoms with Crippen molar-refractivity contribution in [3.63, 3.8) is 0 Å². The Kier molecular flexibility index (Phi) is 8.77. The van der Waals surface area contributed by atoms with E-state index in [9.17, 15) is 9.59 Å². The Morgan fingerprint density at radius 1 is 1.09 bits per heavy atom. The first-order chi connectivity index (χ1) is 16.9. The van der Waals surface area contributed by atoms with E-state index in [-0.39, 0.29) is 35.4 Å². The molecule has 0 aliphatic carbocycles. The molecule has 0 saturated heterocycles. The number of carbonyl (C=O) groups excluding carboxylic acids is 2. The number of ether oxygens (including phenoxy) is 2. The predicted molar refractivity (Wildman–Crippen MR) is 131 cm³/mol. The summed E-state index contributed by atoms with van der Waals surface area (Å²) >= 11 is 0. The van der Waals surface area contributed by atoms with Crippen LogP contribution in [0.2, 0.25) is 0 Å². The van der Waals surface area contributed by atoms with Gasteiger partial charge in [0.2, 0.25) is 17.6 Å². The molecule has 2 aromatic heterocycles. The maximum absolute atomic E-state index is 13.3. The molecule has 2 heterocycles. The molecule has 0 saturated carbocycles. The third kappa shape index (κ3) is 6.56. The van der Waals surface area contributed by atoms with Gasteiger partial charge in [-0.25, -0.2) is 0 Å². The van der Waals surface area contributed by atoms with Crippen molar-refractivity contribution in [1.82, 2.24) is 30.0 Å². The average molecular weight is 481 g/mol. The Hall–Kier alpha value is -3.95. The summed E-state index contributed by atoms with van der Waals surface area (Å²) in [4.78, 5) is 36.0. The van der Waals surface area contributed by atoms with E-state index in [2.05, 4.69) is 20.4 Å². The van der Waals surface area contributed by atoms with Crippen LogP contribution < -0.4 is 14.8 Å². The topological polar surface area (TPSA) is 111 Å². The Labute approximate surface area is 205 Å². The molecule has 0 spiro atoms. The van der Waals surface area contributed by atoms with E-state index >= 15 is 0 Å². The van der Waals surface area contributed by atoms with Crippen LogP contribution >= 0.6 is 0 Å². The van der Waals surface area contributed by atoms with Crippen LogP contribution in [0.3, 0.4) is 0 Å². The van der Waals surface area contributed by atoms with Gasteiger partial charge in [0.15, 0.2) is 0 Å². The second-order valence-electron chi connectivity index (χ2n) is 8.07. The first kappa shape index (κ1) is 25.7. The van der Waals surface area contributed by atoms with E-state index in [4.69, 9.17) is 9.47 Å². The van der Waals surface area contributed by atoms with Gasteiger partial charge in [0.05, 0.1) is 26.0 Å². The van der Waals surface area contributed by atoms with Crippen molar-refractivity contribution in [2.45, 2.75) is 39.3 Å². The molecule has 1 atom stereocenters. The molecule has 35 heavy (non-hydrogen) atoms. The normalized spacial score (nSPS) is 11.6. The molecule has 2 amide bonds. The number of hydrogen-bond acceptors (Lipinski definition) is 7. The number of nitrogens with one attached hydrogen (secondary N) is 1. The number of methoxy groups -OCH3 is 2. The van der Waals surface area contributed by atoms with Crippen molar-refractivity contribution in [1.29, 1.82) is 0 Å². The van der Waals surface area contributed by atoms with E-state index in [1.807, 2.05) is 44.2 Å². The van der Waals surface area contributed by atoms with E-state index in [0.717, 1.165) is 11.3 Å². The molecule has 3 rings (SSSR count). The standard InChI is InChI=1S/C25H32N6O4/c1-6-31-20(14-17(2)29-31)24(32)26-13-12-19(15-18-10-8-7-9-11-18)30(3)25(33)23-27-21(34-4)16-22(28-23)35-5/h7-11,14,16,19H,6,12-13,15H2,1-5H3,(H,26,32). The minimum atomic E-state index is -0.367. The maximum Gasteiger partial charge on any atom is 0.291 e.